The van der Waals surface area contributed by atoms with Gasteiger partial charge < -0.3 is 0 Å². The second-order valence-electron chi connectivity index (χ2n) is 0.268. The van der Waals surface area contributed by atoms with E-state index in [1.54, 1.807) is 0 Å². The van der Waals surface area contributed by atoms with Crippen molar-refractivity contribution in [2.75, 3.05) is 0 Å². The third kappa shape index (κ3) is 46.8. The van der Waals surface area contributed by atoms with E-state index in [4.69, 9.17) is 12.3 Å². The largest absolute Gasteiger partial charge is 0 e. The van der Waals surface area contributed by atoms with E-state index < -0.39 is 15.7 Å². The molecular formula is H3AsCuO3Zn. The zero-order chi connectivity index (χ0) is 3.58. The van der Waals surface area contributed by atoms with Gasteiger partial charge in [0.1, 0.15) is 0 Å². The van der Waals surface area contributed by atoms with Gasteiger partial charge in [0.05, 0.1) is 0 Å². The van der Waals surface area contributed by atoms with Gasteiger partial charge in [-0.1, -0.05) is 0 Å². The summed E-state index contributed by atoms with van der Waals surface area (Å²) in [6, 6.07) is 0. The van der Waals surface area contributed by atoms with E-state index in [1.165, 1.54) is 0 Å². The summed E-state index contributed by atoms with van der Waals surface area (Å²) < 4.78 is 21.9. The van der Waals surface area contributed by atoms with Crippen LogP contribution in [0.15, 0.2) is 0 Å². The molecule has 0 saturated heterocycles. The summed E-state index contributed by atoms with van der Waals surface area (Å²) in [5.41, 5.74) is 0. The van der Waals surface area contributed by atoms with Crippen LogP contribution in [0.4, 0.5) is 0 Å². The molecule has 0 aliphatic rings. The van der Waals surface area contributed by atoms with E-state index in [2.05, 4.69) is 0 Å². The summed E-state index contributed by atoms with van der Waals surface area (Å²) in [6.45, 7) is 0. The van der Waals surface area contributed by atoms with Gasteiger partial charge in [-0.25, -0.2) is 0 Å². The van der Waals surface area contributed by atoms with Gasteiger partial charge in [0, 0.05) is 36.5 Å². The molecule has 0 rings (SSSR count). The van der Waals surface area contributed by atoms with Gasteiger partial charge >= 0.3 is 28.0 Å². The van der Waals surface area contributed by atoms with Crippen LogP contribution in [0, 0.1) is 0 Å². The van der Waals surface area contributed by atoms with E-state index in [-0.39, 0.29) is 36.5 Å². The van der Waals surface area contributed by atoms with Crippen molar-refractivity contribution in [3.63, 3.8) is 0 Å². The topological polar surface area (TPSA) is 60.7 Å². The van der Waals surface area contributed by atoms with Crippen molar-refractivity contribution >= 4 is 15.7 Å². The molecule has 6 heavy (non-hydrogen) atoms. The van der Waals surface area contributed by atoms with Crippen molar-refractivity contribution in [3.05, 3.63) is 0 Å². The third-order valence-corrected chi connectivity index (χ3v) is 0. The molecule has 0 aliphatic carbocycles. The van der Waals surface area contributed by atoms with E-state index in [1.807, 2.05) is 0 Å². The van der Waals surface area contributed by atoms with Crippen molar-refractivity contribution in [2.24, 2.45) is 0 Å². The molecule has 0 aromatic heterocycles. The summed E-state index contributed by atoms with van der Waals surface area (Å²) in [5.74, 6) is 0. The Kier molecular flexibility index (Phi) is 25.5. The molecule has 6 heteroatoms. The van der Waals surface area contributed by atoms with Gasteiger partial charge in [-0.2, -0.15) is 0 Å². The second kappa shape index (κ2) is 9.77. The SMILES string of the molecule is O[As](O)O.[Cu].[Zn]. The predicted molar refractivity (Wildman–Crippen MR) is 12.4 cm³/mol. The Morgan fingerprint density at radius 2 is 1.00 bits per heavy atom. The maximum atomic E-state index is 7.31. The van der Waals surface area contributed by atoms with Gasteiger partial charge in [-0.15, -0.1) is 0 Å². The molecule has 3 N–H and O–H groups in total. The van der Waals surface area contributed by atoms with Crippen LogP contribution in [-0.4, -0.2) is 28.0 Å². The normalized spacial score (nSPS) is 6.00. The van der Waals surface area contributed by atoms with Crippen molar-refractivity contribution in [2.45, 2.75) is 0 Å². The first-order valence-corrected chi connectivity index (χ1v) is 3.12. The van der Waals surface area contributed by atoms with Crippen LogP contribution in [-0.2, 0) is 36.5 Å². The quantitative estimate of drug-likeness (QED) is 0.436. The Morgan fingerprint density at radius 1 is 1.00 bits per heavy atom. The van der Waals surface area contributed by atoms with E-state index >= 15 is 0 Å². The molecule has 0 amide bonds. The van der Waals surface area contributed by atoms with Crippen LogP contribution in [0.25, 0.3) is 0 Å². The van der Waals surface area contributed by atoms with Gasteiger partial charge in [-0.3, -0.25) is 0 Å². The molecule has 3 nitrogen and oxygen atoms in total. The second-order valence-corrected chi connectivity index (χ2v) is 1.39. The average molecular weight is 255 g/mol. The Hall–Kier alpha value is 1.58. The molecule has 1 radical (unpaired) electrons. The Balaban J connectivity index is -0.0000000450. The molecule has 0 saturated carbocycles. The molecule has 0 spiro atoms. The maximum Gasteiger partial charge on any atom is 0 e. The first-order chi connectivity index (χ1) is 1.73. The summed E-state index contributed by atoms with van der Waals surface area (Å²) in [5, 5.41) is 0. The fraction of sp³-hybridized carbons (Fsp3) is 0. The number of hydrogen-bond donors (Lipinski definition) is 3. The fourth-order valence-electron chi connectivity index (χ4n) is 0. The number of hydrogen-bond acceptors (Lipinski definition) is 3. The van der Waals surface area contributed by atoms with Gasteiger partial charge in [0.15, 0.2) is 0 Å². The summed E-state index contributed by atoms with van der Waals surface area (Å²) in [4.78, 5) is 0. The predicted octanol–water partition coefficient (Wildman–Crippen LogP) is -2.06. The first-order valence-electron chi connectivity index (χ1n) is 0.600. The fourth-order valence-corrected chi connectivity index (χ4v) is 0. The zero-order valence-electron chi connectivity index (χ0n) is 2.80. The minimum atomic E-state index is -3.19. The molecule has 0 aromatic rings. The van der Waals surface area contributed by atoms with Crippen molar-refractivity contribution in [3.8, 4) is 0 Å². The van der Waals surface area contributed by atoms with Gasteiger partial charge in [-0.05, 0) is 0 Å². The first kappa shape index (κ1) is 15.6. The molecule has 0 bridgehead atoms. The van der Waals surface area contributed by atoms with E-state index in [0.29, 0.717) is 0 Å². The van der Waals surface area contributed by atoms with Crippen molar-refractivity contribution in [1.82, 2.24) is 0 Å². The Labute approximate surface area is 64.3 Å². The summed E-state index contributed by atoms with van der Waals surface area (Å²) >= 11 is -3.19. The van der Waals surface area contributed by atoms with Crippen LogP contribution >= 0.6 is 0 Å². The van der Waals surface area contributed by atoms with Crippen LogP contribution in [0.2, 0.25) is 0 Å². The van der Waals surface area contributed by atoms with Crippen molar-refractivity contribution < 1.29 is 48.8 Å². The molecule has 39 valence electrons. The minimum absolute atomic E-state index is 0. The Bertz CT molecular complexity index is 15.5. The van der Waals surface area contributed by atoms with Gasteiger partial charge in [0.25, 0.3) is 0 Å². The smallest absolute Gasteiger partial charge is 0 e. The van der Waals surface area contributed by atoms with Crippen LogP contribution < -0.4 is 0 Å². The molecule has 0 unspecified atom stereocenters. The number of rotatable bonds is 0. The molecule has 0 aromatic carbocycles. The maximum absolute atomic E-state index is 7.31. The zero-order valence-corrected chi connectivity index (χ0v) is 8.58. The third-order valence-electron chi connectivity index (χ3n) is 0. The molecule has 0 heterocycles. The molecule has 0 fully saturated rings. The summed E-state index contributed by atoms with van der Waals surface area (Å²) in [7, 11) is 0. The van der Waals surface area contributed by atoms with E-state index in [9.17, 15) is 0 Å². The summed E-state index contributed by atoms with van der Waals surface area (Å²) in [6.07, 6.45) is 0. The average Bonchev–Trinajstić information content (AvgIpc) is 0.811. The molecule has 0 atom stereocenters. The van der Waals surface area contributed by atoms with Crippen molar-refractivity contribution in [1.29, 1.82) is 0 Å². The monoisotopic (exact) mass is 253 g/mol. The van der Waals surface area contributed by atoms with Crippen LogP contribution in [0.1, 0.15) is 0 Å². The minimum Gasteiger partial charge on any atom is 0 e. The van der Waals surface area contributed by atoms with Crippen LogP contribution in [0.5, 0.6) is 0 Å². The standard InChI is InChI=1S/AsH3O3.Cu.Zn/c2-1(3)4;;/h2-4H;;. The van der Waals surface area contributed by atoms with E-state index in [0.717, 1.165) is 0 Å². The molecule has 0 aliphatic heterocycles. The van der Waals surface area contributed by atoms with Gasteiger partial charge in [0.2, 0.25) is 0 Å². The molecular weight excluding hydrogens is 252 g/mol. The Morgan fingerprint density at radius 3 is 1.00 bits per heavy atom. The van der Waals surface area contributed by atoms with Crippen LogP contribution in [0.3, 0.4) is 0 Å².